The van der Waals surface area contributed by atoms with Crippen molar-refractivity contribution >= 4 is 34.8 Å². The van der Waals surface area contributed by atoms with Crippen molar-refractivity contribution in [2.75, 3.05) is 11.1 Å². The summed E-state index contributed by atoms with van der Waals surface area (Å²) in [4.78, 5) is 35.7. The van der Waals surface area contributed by atoms with Gasteiger partial charge in [0.05, 0.1) is 10.7 Å². The molecule has 0 heterocycles. The zero-order valence-electron chi connectivity index (χ0n) is 15.6. The van der Waals surface area contributed by atoms with Crippen LogP contribution in [0.2, 0.25) is 0 Å². The summed E-state index contributed by atoms with van der Waals surface area (Å²) in [5, 5.41) is 13.5. The van der Waals surface area contributed by atoms with Crippen molar-refractivity contribution in [3.05, 3.63) is 99.6 Å². The molecule has 6 nitrogen and oxygen atoms in total. The lowest BCUT2D eigenvalue weighted by atomic mass is 10.1. The van der Waals surface area contributed by atoms with E-state index in [1.54, 1.807) is 18.2 Å². The number of carbonyl (C=O) groups excluding carboxylic acids is 2. The molecule has 3 aromatic carbocycles. The number of carbonyl (C=O) groups is 2. The average molecular weight is 406 g/mol. The molecular formula is C22H18N2O4S. The number of non-ortho nitro benzene ring substituents is 1. The van der Waals surface area contributed by atoms with Gasteiger partial charge in [-0.15, -0.1) is 11.8 Å². The lowest BCUT2D eigenvalue weighted by Crippen LogP contribution is -2.11. The van der Waals surface area contributed by atoms with Crippen LogP contribution in [0.4, 0.5) is 11.4 Å². The minimum absolute atomic E-state index is 0.0373. The van der Waals surface area contributed by atoms with E-state index in [0.29, 0.717) is 22.6 Å². The molecule has 0 saturated carbocycles. The number of rotatable bonds is 7. The predicted molar refractivity (Wildman–Crippen MR) is 114 cm³/mol. The molecule has 0 saturated heterocycles. The summed E-state index contributed by atoms with van der Waals surface area (Å²) >= 11 is 1.39. The number of nitro benzene ring substituents is 1. The number of nitrogens with one attached hydrogen (secondary N) is 1. The van der Waals surface area contributed by atoms with Crippen LogP contribution in [0.15, 0.2) is 77.7 Å². The quantitative estimate of drug-likeness (QED) is 0.254. The maximum atomic E-state index is 12.3. The summed E-state index contributed by atoms with van der Waals surface area (Å²) in [5.41, 5.74) is 2.61. The molecule has 0 unspecified atom stereocenters. The smallest absolute Gasteiger partial charge is 0.269 e. The Balaban J connectivity index is 1.61. The molecule has 0 spiro atoms. The van der Waals surface area contributed by atoms with Crippen molar-refractivity contribution in [2.24, 2.45) is 0 Å². The molecule has 1 N–H and O–H groups in total. The van der Waals surface area contributed by atoms with Gasteiger partial charge in [0.25, 0.3) is 11.6 Å². The zero-order valence-corrected chi connectivity index (χ0v) is 16.4. The van der Waals surface area contributed by atoms with Crippen LogP contribution in [0.5, 0.6) is 0 Å². The number of hydrogen-bond donors (Lipinski definition) is 1. The molecular weight excluding hydrogens is 388 g/mol. The van der Waals surface area contributed by atoms with E-state index in [9.17, 15) is 19.7 Å². The minimum Gasteiger partial charge on any atom is -0.322 e. The number of thioether (sulfide) groups is 1. The third-order valence-corrected chi connectivity index (χ3v) is 5.17. The lowest BCUT2D eigenvalue weighted by Gasteiger charge is -2.08. The van der Waals surface area contributed by atoms with E-state index in [1.165, 1.54) is 36.0 Å². The number of nitro groups is 1. The van der Waals surface area contributed by atoms with Crippen LogP contribution in [-0.2, 0) is 0 Å². The molecule has 0 bridgehead atoms. The van der Waals surface area contributed by atoms with Crippen molar-refractivity contribution < 1.29 is 14.5 Å². The van der Waals surface area contributed by atoms with Gasteiger partial charge in [-0.2, -0.15) is 0 Å². The first-order chi connectivity index (χ1) is 13.9. The number of Topliss-reactive ketones (excluding diaryl/α,β-unsaturated/α-hetero) is 1. The molecule has 146 valence electrons. The number of aryl methyl sites for hydroxylation is 1. The number of anilines is 1. The highest BCUT2D eigenvalue weighted by molar-refractivity contribution is 8.00. The predicted octanol–water partition coefficient (Wildman–Crippen LogP) is 5.13. The van der Waals surface area contributed by atoms with Crippen LogP contribution in [0.3, 0.4) is 0 Å². The Bertz CT molecular complexity index is 1050. The fraction of sp³-hybridized carbons (Fsp3) is 0.0909. The largest absolute Gasteiger partial charge is 0.322 e. The van der Waals surface area contributed by atoms with Crippen LogP contribution >= 0.6 is 11.8 Å². The van der Waals surface area contributed by atoms with Crippen molar-refractivity contribution in [1.82, 2.24) is 0 Å². The molecule has 0 fully saturated rings. The summed E-state index contributed by atoms with van der Waals surface area (Å²) in [6, 6.07) is 20.1. The standard InChI is InChI=1S/C22H18N2O4S/c1-15-5-7-16(8-6-15)21(25)14-29-20-4-2-3-18(13-20)23-22(26)17-9-11-19(12-10-17)24(27)28/h2-13H,14H2,1H3,(H,23,26). The third-order valence-electron chi connectivity index (χ3n) is 4.18. The summed E-state index contributed by atoms with van der Waals surface area (Å²) in [5.74, 6) is -0.0314. The highest BCUT2D eigenvalue weighted by Crippen LogP contribution is 2.23. The van der Waals surface area contributed by atoms with Gasteiger partial charge < -0.3 is 5.32 Å². The lowest BCUT2D eigenvalue weighted by molar-refractivity contribution is -0.384. The molecule has 7 heteroatoms. The average Bonchev–Trinajstić information content (AvgIpc) is 2.73. The number of ketones is 1. The molecule has 0 radical (unpaired) electrons. The van der Waals surface area contributed by atoms with Crippen molar-refractivity contribution in [3.63, 3.8) is 0 Å². The first kappa shape index (κ1) is 20.3. The van der Waals surface area contributed by atoms with Gasteiger partial charge in [0.15, 0.2) is 5.78 Å². The topological polar surface area (TPSA) is 89.3 Å². The molecule has 0 aliphatic heterocycles. The second-order valence-corrected chi connectivity index (χ2v) is 7.41. The fourth-order valence-corrected chi connectivity index (χ4v) is 3.42. The zero-order chi connectivity index (χ0) is 20.8. The molecule has 0 aromatic heterocycles. The Morgan fingerprint density at radius 2 is 1.62 bits per heavy atom. The molecule has 0 atom stereocenters. The number of nitrogens with zero attached hydrogens (tertiary/aromatic N) is 1. The minimum atomic E-state index is -0.514. The Kier molecular flexibility index (Phi) is 6.41. The highest BCUT2D eigenvalue weighted by Gasteiger charge is 2.11. The third kappa shape index (κ3) is 5.52. The Morgan fingerprint density at radius 1 is 0.966 bits per heavy atom. The number of amides is 1. The van der Waals surface area contributed by atoms with E-state index < -0.39 is 4.92 Å². The van der Waals surface area contributed by atoms with Gasteiger partial charge in [0, 0.05) is 33.8 Å². The SMILES string of the molecule is Cc1ccc(C(=O)CSc2cccc(NC(=O)c3ccc([N+](=O)[O-])cc3)c2)cc1. The molecule has 0 aliphatic rings. The second kappa shape index (κ2) is 9.16. The van der Waals surface area contributed by atoms with E-state index in [1.807, 2.05) is 37.3 Å². The van der Waals surface area contributed by atoms with E-state index in [0.717, 1.165) is 10.5 Å². The van der Waals surface area contributed by atoms with Gasteiger partial charge in [0.1, 0.15) is 0 Å². The van der Waals surface area contributed by atoms with Crippen LogP contribution in [-0.4, -0.2) is 22.4 Å². The highest BCUT2D eigenvalue weighted by atomic mass is 32.2. The second-order valence-electron chi connectivity index (χ2n) is 6.36. The van der Waals surface area contributed by atoms with Crippen molar-refractivity contribution in [3.8, 4) is 0 Å². The van der Waals surface area contributed by atoms with Gasteiger partial charge in [-0.3, -0.25) is 19.7 Å². The van der Waals surface area contributed by atoms with E-state index in [-0.39, 0.29) is 17.4 Å². The molecule has 0 aliphatic carbocycles. The van der Waals surface area contributed by atoms with Gasteiger partial charge >= 0.3 is 0 Å². The number of hydrogen-bond acceptors (Lipinski definition) is 5. The van der Waals surface area contributed by atoms with Crippen LogP contribution < -0.4 is 5.32 Å². The normalized spacial score (nSPS) is 10.4. The number of benzene rings is 3. The Hall–Kier alpha value is -3.45. The van der Waals surface area contributed by atoms with Crippen LogP contribution in [0, 0.1) is 17.0 Å². The first-order valence-electron chi connectivity index (χ1n) is 8.81. The van der Waals surface area contributed by atoms with Gasteiger partial charge in [-0.1, -0.05) is 35.9 Å². The maximum Gasteiger partial charge on any atom is 0.269 e. The maximum absolute atomic E-state index is 12.3. The Labute approximate surface area is 172 Å². The molecule has 29 heavy (non-hydrogen) atoms. The van der Waals surface area contributed by atoms with E-state index >= 15 is 0 Å². The van der Waals surface area contributed by atoms with Gasteiger partial charge in [-0.05, 0) is 37.3 Å². The van der Waals surface area contributed by atoms with Gasteiger partial charge in [-0.25, -0.2) is 0 Å². The van der Waals surface area contributed by atoms with Crippen LogP contribution in [0.1, 0.15) is 26.3 Å². The molecule has 3 aromatic rings. The summed E-state index contributed by atoms with van der Waals surface area (Å²) < 4.78 is 0. The summed E-state index contributed by atoms with van der Waals surface area (Å²) in [7, 11) is 0. The van der Waals surface area contributed by atoms with Crippen molar-refractivity contribution in [1.29, 1.82) is 0 Å². The molecule has 3 rings (SSSR count). The summed E-state index contributed by atoms with van der Waals surface area (Å²) in [6.07, 6.45) is 0. The van der Waals surface area contributed by atoms with Crippen molar-refractivity contribution in [2.45, 2.75) is 11.8 Å². The first-order valence-corrected chi connectivity index (χ1v) is 9.79. The monoisotopic (exact) mass is 406 g/mol. The van der Waals surface area contributed by atoms with E-state index in [4.69, 9.17) is 0 Å². The molecule has 1 amide bonds. The van der Waals surface area contributed by atoms with Crippen LogP contribution in [0.25, 0.3) is 0 Å². The van der Waals surface area contributed by atoms with E-state index in [2.05, 4.69) is 5.32 Å². The fourth-order valence-electron chi connectivity index (χ4n) is 2.57. The Morgan fingerprint density at radius 3 is 2.28 bits per heavy atom. The van der Waals surface area contributed by atoms with Gasteiger partial charge in [0.2, 0.25) is 0 Å². The summed E-state index contributed by atoms with van der Waals surface area (Å²) in [6.45, 7) is 1.97.